The molecular weight excluding hydrogens is 244 g/mol. The van der Waals surface area contributed by atoms with Crippen LogP contribution < -0.4 is 5.73 Å². The van der Waals surface area contributed by atoms with Gasteiger partial charge in [0.2, 0.25) is 5.91 Å². The van der Waals surface area contributed by atoms with Crippen molar-refractivity contribution in [2.75, 3.05) is 0 Å². The molecule has 5 heteroatoms. The predicted octanol–water partition coefficient (Wildman–Crippen LogP) is 1.10. The van der Waals surface area contributed by atoms with Gasteiger partial charge in [-0.1, -0.05) is 18.2 Å². The van der Waals surface area contributed by atoms with E-state index in [2.05, 4.69) is 6.58 Å². The van der Waals surface area contributed by atoms with E-state index in [1.165, 1.54) is 13.0 Å². The van der Waals surface area contributed by atoms with Crippen molar-refractivity contribution < 1.29 is 14.4 Å². The molecule has 2 rings (SSSR count). The minimum Gasteiger partial charge on any atom is -0.368 e. The van der Waals surface area contributed by atoms with Crippen molar-refractivity contribution in [3.05, 3.63) is 48.0 Å². The maximum Gasteiger partial charge on any atom is 0.262 e. The summed E-state index contributed by atoms with van der Waals surface area (Å²) >= 11 is 0. The number of primary amides is 1. The molecule has 1 heterocycles. The Hall–Kier alpha value is -2.43. The predicted molar refractivity (Wildman–Crippen MR) is 69.4 cm³/mol. The van der Waals surface area contributed by atoms with E-state index in [0.717, 1.165) is 4.90 Å². The van der Waals surface area contributed by atoms with Crippen molar-refractivity contribution in [1.82, 2.24) is 4.90 Å². The Morgan fingerprint density at radius 3 is 2.16 bits per heavy atom. The van der Waals surface area contributed by atoms with Crippen LogP contribution in [0.25, 0.3) is 0 Å². The number of imide groups is 1. The number of amides is 3. The molecule has 0 aromatic heterocycles. The smallest absolute Gasteiger partial charge is 0.262 e. The summed E-state index contributed by atoms with van der Waals surface area (Å²) in [7, 11) is 0. The van der Waals surface area contributed by atoms with Crippen LogP contribution >= 0.6 is 0 Å². The van der Waals surface area contributed by atoms with Crippen molar-refractivity contribution >= 4 is 17.7 Å². The van der Waals surface area contributed by atoms with Crippen molar-refractivity contribution in [2.45, 2.75) is 18.9 Å². The fourth-order valence-corrected chi connectivity index (χ4v) is 2.22. The summed E-state index contributed by atoms with van der Waals surface area (Å²) in [5.74, 6) is -1.73. The summed E-state index contributed by atoms with van der Waals surface area (Å²) in [5.41, 5.74) is 4.56. The van der Waals surface area contributed by atoms with Gasteiger partial charge in [0, 0.05) is 0 Å². The zero-order valence-electron chi connectivity index (χ0n) is 10.6. The van der Waals surface area contributed by atoms with Crippen molar-refractivity contribution in [2.24, 2.45) is 5.73 Å². The Morgan fingerprint density at radius 1 is 1.32 bits per heavy atom. The van der Waals surface area contributed by atoms with Crippen LogP contribution in [0.15, 0.2) is 36.9 Å². The van der Waals surface area contributed by atoms with Gasteiger partial charge in [0.05, 0.1) is 11.1 Å². The molecule has 0 spiro atoms. The summed E-state index contributed by atoms with van der Waals surface area (Å²) in [6, 6.07) is 6.46. The molecule has 0 radical (unpaired) electrons. The van der Waals surface area contributed by atoms with Crippen LogP contribution in [0, 0.1) is 0 Å². The molecule has 2 N–H and O–H groups in total. The maximum atomic E-state index is 12.3. The monoisotopic (exact) mass is 258 g/mol. The molecule has 3 amide bonds. The molecule has 1 aromatic rings. The lowest BCUT2D eigenvalue weighted by molar-refractivity contribution is -0.126. The highest BCUT2D eigenvalue weighted by Crippen LogP contribution is 2.31. The second-order valence-corrected chi connectivity index (χ2v) is 4.62. The first-order valence-corrected chi connectivity index (χ1v) is 5.82. The minimum absolute atomic E-state index is 0.119. The van der Waals surface area contributed by atoms with Crippen LogP contribution in [0.1, 0.15) is 34.1 Å². The maximum absolute atomic E-state index is 12.3. The summed E-state index contributed by atoms with van der Waals surface area (Å²) < 4.78 is 0. The molecule has 0 saturated carbocycles. The molecular formula is C14H14N2O3. The quantitative estimate of drug-likeness (QED) is 0.648. The van der Waals surface area contributed by atoms with E-state index in [-0.39, 0.29) is 6.42 Å². The molecule has 5 nitrogen and oxygen atoms in total. The van der Waals surface area contributed by atoms with Gasteiger partial charge in [0.1, 0.15) is 5.54 Å². The Morgan fingerprint density at radius 2 is 1.79 bits per heavy atom. The van der Waals surface area contributed by atoms with Gasteiger partial charge < -0.3 is 5.73 Å². The third-order valence-corrected chi connectivity index (χ3v) is 3.36. The fourth-order valence-electron chi connectivity index (χ4n) is 2.22. The first-order valence-electron chi connectivity index (χ1n) is 5.82. The topological polar surface area (TPSA) is 80.5 Å². The second kappa shape index (κ2) is 4.35. The molecule has 19 heavy (non-hydrogen) atoms. The van der Waals surface area contributed by atoms with Gasteiger partial charge in [-0.05, 0) is 25.5 Å². The Labute approximate surface area is 110 Å². The van der Waals surface area contributed by atoms with Gasteiger partial charge in [-0.2, -0.15) is 0 Å². The summed E-state index contributed by atoms with van der Waals surface area (Å²) in [6.45, 7) is 5.01. The number of hydrogen-bond acceptors (Lipinski definition) is 3. The average molecular weight is 258 g/mol. The van der Waals surface area contributed by atoms with E-state index in [0.29, 0.717) is 11.1 Å². The van der Waals surface area contributed by atoms with E-state index in [1.54, 1.807) is 24.3 Å². The molecule has 1 aliphatic heterocycles. The van der Waals surface area contributed by atoms with Gasteiger partial charge in [-0.15, -0.1) is 6.58 Å². The molecule has 0 aliphatic carbocycles. The van der Waals surface area contributed by atoms with Gasteiger partial charge in [0.25, 0.3) is 11.8 Å². The van der Waals surface area contributed by atoms with E-state index < -0.39 is 23.3 Å². The first kappa shape index (κ1) is 13.0. The molecule has 1 atom stereocenters. The Bertz CT molecular complexity index is 559. The fraction of sp³-hybridized carbons (Fsp3) is 0.214. The number of nitrogens with two attached hydrogens (primary N) is 1. The Kier molecular flexibility index (Phi) is 2.98. The third kappa shape index (κ3) is 1.74. The zero-order chi connectivity index (χ0) is 14.2. The molecule has 0 saturated heterocycles. The summed E-state index contributed by atoms with van der Waals surface area (Å²) in [6.07, 6.45) is 1.59. The normalized spacial score (nSPS) is 17.0. The summed E-state index contributed by atoms with van der Waals surface area (Å²) in [4.78, 5) is 37.2. The second-order valence-electron chi connectivity index (χ2n) is 4.62. The lowest BCUT2D eigenvalue weighted by Crippen LogP contribution is -2.57. The molecule has 0 unspecified atom stereocenters. The number of benzene rings is 1. The van der Waals surface area contributed by atoms with Crippen LogP contribution in [-0.4, -0.2) is 28.2 Å². The van der Waals surface area contributed by atoms with E-state index in [4.69, 9.17) is 5.73 Å². The first-order chi connectivity index (χ1) is 8.93. The standard InChI is InChI=1S/C14H14N2O3/c1-3-8-14(2,13(15)19)16-11(17)9-6-4-5-7-10(9)12(16)18/h3-7H,1,8H2,2H3,(H2,15,19)/t14-/m1/s1. The number of carbonyl (C=O) groups excluding carboxylic acids is 3. The van der Waals surface area contributed by atoms with Gasteiger partial charge in [-0.25, -0.2) is 0 Å². The van der Waals surface area contributed by atoms with Crippen molar-refractivity contribution in [1.29, 1.82) is 0 Å². The van der Waals surface area contributed by atoms with Crippen LogP contribution in [-0.2, 0) is 4.79 Å². The van der Waals surface area contributed by atoms with E-state index in [1.807, 2.05) is 0 Å². The number of fused-ring (bicyclic) bond motifs is 1. The molecule has 0 fully saturated rings. The average Bonchev–Trinajstić information content (AvgIpc) is 2.63. The molecule has 1 aromatic carbocycles. The SMILES string of the molecule is C=CC[C@](C)(C(N)=O)N1C(=O)c2ccccc2C1=O. The molecule has 98 valence electrons. The lowest BCUT2D eigenvalue weighted by atomic mass is 9.94. The molecule has 1 aliphatic rings. The van der Waals surface area contributed by atoms with E-state index >= 15 is 0 Å². The Balaban J connectivity index is 2.54. The van der Waals surface area contributed by atoms with Gasteiger partial charge in [-0.3, -0.25) is 19.3 Å². The number of nitrogens with zero attached hydrogens (tertiary/aromatic N) is 1. The third-order valence-electron chi connectivity index (χ3n) is 3.36. The highest BCUT2D eigenvalue weighted by Gasteiger charge is 2.49. The van der Waals surface area contributed by atoms with Gasteiger partial charge >= 0.3 is 0 Å². The van der Waals surface area contributed by atoms with E-state index in [9.17, 15) is 14.4 Å². The van der Waals surface area contributed by atoms with Crippen LogP contribution in [0.3, 0.4) is 0 Å². The number of hydrogen-bond donors (Lipinski definition) is 1. The highest BCUT2D eigenvalue weighted by molar-refractivity contribution is 6.23. The minimum atomic E-state index is -1.39. The van der Waals surface area contributed by atoms with Crippen molar-refractivity contribution in [3.8, 4) is 0 Å². The number of rotatable bonds is 4. The van der Waals surface area contributed by atoms with Crippen molar-refractivity contribution in [3.63, 3.8) is 0 Å². The molecule has 0 bridgehead atoms. The van der Waals surface area contributed by atoms with Crippen LogP contribution in [0.2, 0.25) is 0 Å². The lowest BCUT2D eigenvalue weighted by Gasteiger charge is -2.33. The van der Waals surface area contributed by atoms with Crippen LogP contribution in [0.5, 0.6) is 0 Å². The zero-order valence-corrected chi connectivity index (χ0v) is 10.6. The van der Waals surface area contributed by atoms with Crippen LogP contribution in [0.4, 0.5) is 0 Å². The number of carbonyl (C=O) groups is 3. The summed E-state index contributed by atoms with van der Waals surface area (Å²) in [5, 5.41) is 0. The van der Waals surface area contributed by atoms with Gasteiger partial charge in [0.15, 0.2) is 0 Å². The largest absolute Gasteiger partial charge is 0.368 e. The highest BCUT2D eigenvalue weighted by atomic mass is 16.2.